The Labute approximate surface area is 148 Å². The molecule has 0 saturated heterocycles. The van der Waals surface area contributed by atoms with E-state index in [-0.39, 0.29) is 11.9 Å². The van der Waals surface area contributed by atoms with Crippen molar-refractivity contribution in [3.8, 4) is 0 Å². The van der Waals surface area contributed by atoms with Gasteiger partial charge in [0, 0.05) is 16.6 Å². The van der Waals surface area contributed by atoms with Gasteiger partial charge in [-0.25, -0.2) is 0 Å². The monoisotopic (exact) mass is 345 g/mol. The number of aromatic nitrogens is 1. The van der Waals surface area contributed by atoms with Gasteiger partial charge < -0.3 is 4.74 Å². The first-order valence-electron chi connectivity index (χ1n) is 8.76. The highest BCUT2D eigenvalue weighted by Crippen LogP contribution is 2.38. The molecular formula is C20H24ClNO2. The first kappa shape index (κ1) is 17.2. The second-order valence-corrected chi connectivity index (χ2v) is 7.01. The Morgan fingerprint density at radius 3 is 2.58 bits per heavy atom. The second kappa shape index (κ2) is 7.10. The van der Waals surface area contributed by atoms with Crippen LogP contribution in [0.2, 0.25) is 5.02 Å². The van der Waals surface area contributed by atoms with Gasteiger partial charge in [-0.1, -0.05) is 24.9 Å². The summed E-state index contributed by atoms with van der Waals surface area (Å²) in [7, 11) is 1.43. The number of aryl methyl sites for hydroxylation is 3. The van der Waals surface area contributed by atoms with Gasteiger partial charge in [-0.3, -0.25) is 9.78 Å². The topological polar surface area (TPSA) is 39.2 Å². The minimum atomic E-state index is -0.347. The molecular weight excluding hydrogens is 322 g/mol. The van der Waals surface area contributed by atoms with Gasteiger partial charge >= 0.3 is 5.97 Å². The van der Waals surface area contributed by atoms with E-state index in [0.717, 1.165) is 41.4 Å². The molecule has 1 atom stereocenters. The summed E-state index contributed by atoms with van der Waals surface area (Å²) in [5.74, 6) is -0.582. The summed E-state index contributed by atoms with van der Waals surface area (Å²) in [6.45, 7) is 4.00. The van der Waals surface area contributed by atoms with Crippen molar-refractivity contribution in [1.82, 2.24) is 4.98 Å². The summed E-state index contributed by atoms with van der Waals surface area (Å²) < 4.78 is 5.01. The first-order chi connectivity index (χ1) is 11.6. The van der Waals surface area contributed by atoms with Crippen LogP contribution < -0.4 is 0 Å². The van der Waals surface area contributed by atoms with Crippen molar-refractivity contribution < 1.29 is 9.53 Å². The van der Waals surface area contributed by atoms with Gasteiger partial charge in [0.05, 0.1) is 23.6 Å². The van der Waals surface area contributed by atoms with E-state index in [1.54, 1.807) is 0 Å². The molecule has 0 aliphatic heterocycles. The molecule has 0 saturated carbocycles. The maximum absolute atomic E-state index is 12.3. The molecule has 3 nitrogen and oxygen atoms in total. The lowest BCUT2D eigenvalue weighted by Gasteiger charge is -2.21. The van der Waals surface area contributed by atoms with Crippen LogP contribution in [0.4, 0.5) is 0 Å². The number of ether oxygens (including phenoxy) is 1. The predicted molar refractivity (Wildman–Crippen MR) is 97.8 cm³/mol. The van der Waals surface area contributed by atoms with E-state index < -0.39 is 0 Å². The summed E-state index contributed by atoms with van der Waals surface area (Å²) in [6.07, 6.45) is 6.28. The fourth-order valence-corrected chi connectivity index (χ4v) is 4.22. The van der Waals surface area contributed by atoms with E-state index in [4.69, 9.17) is 21.3 Å². The summed E-state index contributed by atoms with van der Waals surface area (Å²) in [6, 6.07) is 4.36. The molecule has 0 N–H and O–H groups in total. The van der Waals surface area contributed by atoms with E-state index >= 15 is 0 Å². The molecule has 1 aliphatic carbocycles. The minimum absolute atomic E-state index is 0.235. The van der Waals surface area contributed by atoms with Crippen LogP contribution in [0.15, 0.2) is 12.1 Å². The van der Waals surface area contributed by atoms with Crippen LogP contribution in [0.25, 0.3) is 10.9 Å². The minimum Gasteiger partial charge on any atom is -0.469 e. The number of methoxy groups -OCH3 is 1. The highest BCUT2D eigenvalue weighted by molar-refractivity contribution is 6.36. The normalized spacial score (nSPS) is 15.2. The number of hydrogen-bond donors (Lipinski definition) is 0. The lowest BCUT2D eigenvalue weighted by molar-refractivity contribution is -0.142. The fraction of sp³-hybridized carbons (Fsp3) is 0.500. The number of rotatable bonds is 4. The number of esters is 1. The number of pyridine rings is 1. The number of fused-ring (bicyclic) bond motifs is 2. The fourth-order valence-electron chi connectivity index (χ4n) is 3.80. The number of hydrogen-bond acceptors (Lipinski definition) is 3. The molecule has 0 fully saturated rings. The Kier molecular flexibility index (Phi) is 5.09. The zero-order valence-electron chi connectivity index (χ0n) is 14.6. The third kappa shape index (κ3) is 3.02. The highest BCUT2D eigenvalue weighted by atomic mass is 35.5. The van der Waals surface area contributed by atoms with E-state index in [2.05, 4.69) is 19.1 Å². The number of halogens is 1. The molecule has 0 amide bonds. The van der Waals surface area contributed by atoms with Crippen molar-refractivity contribution in [2.24, 2.45) is 0 Å². The Morgan fingerprint density at radius 2 is 1.96 bits per heavy atom. The first-order valence-corrected chi connectivity index (χ1v) is 9.14. The molecule has 24 heavy (non-hydrogen) atoms. The molecule has 4 heteroatoms. The van der Waals surface area contributed by atoms with Crippen LogP contribution in [0.5, 0.6) is 0 Å². The van der Waals surface area contributed by atoms with E-state index in [0.29, 0.717) is 11.4 Å². The van der Waals surface area contributed by atoms with Crippen LogP contribution in [0, 0.1) is 6.92 Å². The van der Waals surface area contributed by atoms with Crippen LogP contribution >= 0.6 is 11.6 Å². The summed E-state index contributed by atoms with van der Waals surface area (Å²) in [4.78, 5) is 17.0. The molecule has 0 spiro atoms. The maximum Gasteiger partial charge on any atom is 0.313 e. The van der Waals surface area contributed by atoms with Crippen molar-refractivity contribution in [2.75, 3.05) is 7.11 Å². The molecule has 1 heterocycles. The van der Waals surface area contributed by atoms with E-state index in [1.165, 1.54) is 31.1 Å². The van der Waals surface area contributed by atoms with Crippen LogP contribution in [-0.4, -0.2) is 18.1 Å². The molecule has 1 aromatic carbocycles. The average Bonchev–Trinajstić information content (AvgIpc) is 2.59. The van der Waals surface area contributed by atoms with Crippen LogP contribution in [-0.2, 0) is 22.4 Å². The zero-order valence-corrected chi connectivity index (χ0v) is 15.4. The SMILES string of the molecule is CCCC(C(=O)OC)c1c(C)nc2cc3c(cc2c1Cl)CCCC3. The summed E-state index contributed by atoms with van der Waals surface area (Å²) in [5, 5.41) is 1.62. The number of benzene rings is 1. The average molecular weight is 346 g/mol. The van der Waals surface area contributed by atoms with Crippen LogP contribution in [0.1, 0.15) is 60.9 Å². The second-order valence-electron chi connectivity index (χ2n) is 6.63. The molecule has 2 aromatic rings. The highest BCUT2D eigenvalue weighted by Gasteiger charge is 2.27. The Bertz CT molecular complexity index is 785. The van der Waals surface area contributed by atoms with Gasteiger partial charge in [0.25, 0.3) is 0 Å². The van der Waals surface area contributed by atoms with Gasteiger partial charge in [-0.2, -0.15) is 0 Å². The maximum atomic E-state index is 12.3. The Hall–Kier alpha value is -1.61. The van der Waals surface area contributed by atoms with Gasteiger partial charge in [0.2, 0.25) is 0 Å². The molecule has 1 aliphatic rings. The van der Waals surface area contributed by atoms with Gasteiger partial charge in [0.15, 0.2) is 0 Å². The third-order valence-corrected chi connectivity index (χ3v) is 5.43. The van der Waals surface area contributed by atoms with Crippen molar-refractivity contribution >= 4 is 28.5 Å². The zero-order chi connectivity index (χ0) is 17.3. The van der Waals surface area contributed by atoms with E-state index in [1.807, 2.05) is 6.92 Å². The molecule has 1 aromatic heterocycles. The molecule has 128 valence electrons. The predicted octanol–water partition coefficient (Wildman–Crippen LogP) is 5.13. The van der Waals surface area contributed by atoms with E-state index in [9.17, 15) is 4.79 Å². The molecule has 3 rings (SSSR count). The smallest absolute Gasteiger partial charge is 0.313 e. The quantitative estimate of drug-likeness (QED) is 0.721. The summed E-state index contributed by atoms with van der Waals surface area (Å²) >= 11 is 6.77. The summed E-state index contributed by atoms with van der Waals surface area (Å²) in [5.41, 5.74) is 5.35. The van der Waals surface area contributed by atoms with Gasteiger partial charge in [-0.15, -0.1) is 0 Å². The van der Waals surface area contributed by atoms with Gasteiger partial charge in [-0.05, 0) is 62.3 Å². The number of carbonyl (C=O) groups is 1. The number of carbonyl (C=O) groups excluding carboxylic acids is 1. The van der Waals surface area contributed by atoms with Crippen molar-refractivity contribution in [3.05, 3.63) is 39.5 Å². The molecule has 0 radical (unpaired) electrons. The Morgan fingerprint density at radius 1 is 1.29 bits per heavy atom. The van der Waals surface area contributed by atoms with Crippen LogP contribution in [0.3, 0.4) is 0 Å². The Balaban J connectivity index is 2.19. The lowest BCUT2D eigenvalue weighted by Crippen LogP contribution is -2.17. The number of nitrogens with zero attached hydrogens (tertiary/aromatic N) is 1. The van der Waals surface area contributed by atoms with Crippen molar-refractivity contribution in [1.29, 1.82) is 0 Å². The molecule has 0 bridgehead atoms. The third-order valence-electron chi connectivity index (χ3n) is 5.02. The molecule has 1 unspecified atom stereocenters. The largest absolute Gasteiger partial charge is 0.469 e. The van der Waals surface area contributed by atoms with Crippen molar-refractivity contribution in [2.45, 2.75) is 58.3 Å². The lowest BCUT2D eigenvalue weighted by atomic mass is 9.88. The van der Waals surface area contributed by atoms with Gasteiger partial charge in [0.1, 0.15) is 0 Å². The van der Waals surface area contributed by atoms with Crippen molar-refractivity contribution in [3.63, 3.8) is 0 Å². The standard InChI is InChI=1S/C20H24ClNO2/c1-4-7-15(20(23)24-3)18-12(2)22-17-11-14-9-6-5-8-13(14)10-16(17)19(18)21/h10-11,15H,4-9H2,1-3H3.